The number of hydrogen-bond donors (Lipinski definition) is 1. The zero-order chi connectivity index (χ0) is 22.0. The van der Waals surface area contributed by atoms with Crippen molar-refractivity contribution in [1.29, 1.82) is 0 Å². The second-order valence-corrected chi connectivity index (χ2v) is 7.71. The van der Waals surface area contributed by atoms with Crippen molar-refractivity contribution in [2.75, 3.05) is 0 Å². The van der Waals surface area contributed by atoms with Crippen molar-refractivity contribution in [3.63, 3.8) is 0 Å². The van der Waals surface area contributed by atoms with E-state index in [1.165, 1.54) is 36.6 Å². The quantitative estimate of drug-likeness (QED) is 0.198. The van der Waals surface area contributed by atoms with E-state index in [9.17, 15) is 19.7 Å². The summed E-state index contributed by atoms with van der Waals surface area (Å²) in [7, 11) is 0. The molecule has 0 aliphatic carbocycles. The van der Waals surface area contributed by atoms with Gasteiger partial charge in [-0.25, -0.2) is 5.43 Å². The Labute approximate surface area is 180 Å². The zero-order valence-corrected chi connectivity index (χ0v) is 17.0. The molecular weight excluding hydrogens is 418 g/mol. The number of carbonyl (C=O) groups excluding carboxylic acids is 2. The highest BCUT2D eigenvalue weighted by atomic mass is 32.1. The molecule has 2 aromatic heterocycles. The highest BCUT2D eigenvalue weighted by Crippen LogP contribution is 2.29. The number of fused-ring (bicyclic) bond motifs is 1. The Bertz CT molecular complexity index is 1330. The van der Waals surface area contributed by atoms with Crippen LogP contribution in [0, 0.1) is 10.1 Å². The lowest BCUT2D eigenvalue weighted by Gasteiger charge is -1.99. The SMILES string of the molecule is CC(=O)c1ccc(-c2ccc(/C=N\NC(=O)c3cc4cc([N+](=O)[O-])ccc4s3)o2)cc1. The van der Waals surface area contributed by atoms with Crippen LogP contribution < -0.4 is 5.43 Å². The summed E-state index contributed by atoms with van der Waals surface area (Å²) in [5.74, 6) is 0.616. The first-order valence-electron chi connectivity index (χ1n) is 9.13. The van der Waals surface area contributed by atoms with E-state index in [2.05, 4.69) is 10.5 Å². The number of hydrazone groups is 1. The highest BCUT2D eigenvalue weighted by molar-refractivity contribution is 7.20. The second kappa shape index (κ2) is 8.33. The second-order valence-electron chi connectivity index (χ2n) is 6.62. The summed E-state index contributed by atoms with van der Waals surface area (Å²) in [6.45, 7) is 1.51. The molecule has 4 rings (SSSR count). The van der Waals surface area contributed by atoms with Crippen molar-refractivity contribution in [1.82, 2.24) is 5.43 Å². The van der Waals surface area contributed by atoms with E-state index in [-0.39, 0.29) is 11.5 Å². The standard InChI is InChI=1S/C22H15N3O5S/c1-13(26)14-2-4-15(5-3-14)19-8-7-18(30-19)12-23-24-22(27)21-11-16-10-17(25(28)29)6-9-20(16)31-21/h2-12H,1H3,(H,24,27)/b23-12-. The first kappa shape index (κ1) is 20.2. The molecule has 1 amide bonds. The van der Waals surface area contributed by atoms with Gasteiger partial charge in [0.15, 0.2) is 5.78 Å². The average molecular weight is 433 g/mol. The summed E-state index contributed by atoms with van der Waals surface area (Å²) in [6.07, 6.45) is 1.38. The first-order valence-corrected chi connectivity index (χ1v) is 9.95. The van der Waals surface area contributed by atoms with Crippen LogP contribution in [0.3, 0.4) is 0 Å². The van der Waals surface area contributed by atoms with Crippen LogP contribution in [0.5, 0.6) is 0 Å². The molecule has 4 aromatic rings. The monoisotopic (exact) mass is 433 g/mol. The largest absolute Gasteiger partial charge is 0.455 e. The van der Waals surface area contributed by atoms with Crippen molar-refractivity contribution in [2.24, 2.45) is 5.10 Å². The number of nitro benzene ring substituents is 1. The molecule has 0 fully saturated rings. The normalized spacial score (nSPS) is 11.1. The van der Waals surface area contributed by atoms with Gasteiger partial charge >= 0.3 is 0 Å². The maximum absolute atomic E-state index is 12.3. The third-order valence-corrected chi connectivity index (χ3v) is 5.61. The molecule has 154 valence electrons. The van der Waals surface area contributed by atoms with Gasteiger partial charge in [0.2, 0.25) is 0 Å². The summed E-state index contributed by atoms with van der Waals surface area (Å²) in [4.78, 5) is 34.5. The predicted molar refractivity (Wildman–Crippen MR) is 118 cm³/mol. The summed E-state index contributed by atoms with van der Waals surface area (Å²) in [5, 5.41) is 15.4. The smallest absolute Gasteiger partial charge is 0.281 e. The maximum Gasteiger partial charge on any atom is 0.281 e. The van der Waals surface area contributed by atoms with Crippen molar-refractivity contribution in [3.05, 3.63) is 87.0 Å². The van der Waals surface area contributed by atoms with Gasteiger partial charge in [0.05, 0.1) is 16.0 Å². The topological polar surface area (TPSA) is 115 Å². The number of benzene rings is 2. The number of nitrogens with zero attached hydrogens (tertiary/aromatic N) is 2. The van der Waals surface area contributed by atoms with Gasteiger partial charge in [0.25, 0.3) is 11.6 Å². The fourth-order valence-electron chi connectivity index (χ4n) is 2.91. The molecule has 9 heteroatoms. The van der Waals surface area contributed by atoms with Gasteiger partial charge in [-0.05, 0) is 31.2 Å². The molecule has 2 aromatic carbocycles. The molecule has 31 heavy (non-hydrogen) atoms. The van der Waals surface area contributed by atoms with Crippen LogP contribution in [0.2, 0.25) is 0 Å². The molecule has 0 bridgehead atoms. The van der Waals surface area contributed by atoms with Crippen molar-refractivity contribution in [3.8, 4) is 11.3 Å². The third kappa shape index (κ3) is 4.41. The first-order chi connectivity index (χ1) is 14.9. The summed E-state index contributed by atoms with van der Waals surface area (Å²) in [5.41, 5.74) is 3.83. The summed E-state index contributed by atoms with van der Waals surface area (Å²) < 4.78 is 6.46. The number of carbonyl (C=O) groups is 2. The van der Waals surface area contributed by atoms with E-state index < -0.39 is 10.8 Å². The Hall–Kier alpha value is -4.11. The fraction of sp³-hybridized carbons (Fsp3) is 0.0455. The Balaban J connectivity index is 1.43. The van der Waals surface area contributed by atoms with E-state index in [4.69, 9.17) is 4.42 Å². The third-order valence-electron chi connectivity index (χ3n) is 4.50. The Kier molecular flexibility index (Phi) is 5.42. The van der Waals surface area contributed by atoms with E-state index in [0.717, 1.165) is 10.3 Å². The number of thiophene rings is 1. The van der Waals surface area contributed by atoms with E-state index in [0.29, 0.717) is 27.3 Å². The summed E-state index contributed by atoms with van der Waals surface area (Å²) in [6, 6.07) is 16.6. The lowest BCUT2D eigenvalue weighted by molar-refractivity contribution is -0.384. The molecule has 0 aliphatic heterocycles. The number of non-ortho nitro benzene ring substituents is 1. The molecular formula is C22H15N3O5S. The number of hydrogen-bond acceptors (Lipinski definition) is 7. The Morgan fingerprint density at radius 3 is 2.58 bits per heavy atom. The van der Waals surface area contributed by atoms with E-state index in [1.807, 2.05) is 0 Å². The van der Waals surface area contributed by atoms with Gasteiger partial charge in [0, 0.05) is 33.3 Å². The average Bonchev–Trinajstić information content (AvgIpc) is 3.40. The number of ketones is 1. The Morgan fingerprint density at radius 2 is 1.87 bits per heavy atom. The molecule has 2 heterocycles. The zero-order valence-electron chi connectivity index (χ0n) is 16.2. The summed E-state index contributed by atoms with van der Waals surface area (Å²) >= 11 is 1.22. The maximum atomic E-state index is 12.3. The molecule has 0 saturated heterocycles. The van der Waals surface area contributed by atoms with Crippen LogP contribution in [0.4, 0.5) is 5.69 Å². The molecule has 0 atom stereocenters. The molecule has 0 unspecified atom stereocenters. The van der Waals surface area contributed by atoms with Crippen LogP contribution in [-0.4, -0.2) is 22.8 Å². The van der Waals surface area contributed by atoms with Gasteiger partial charge in [-0.15, -0.1) is 11.3 Å². The number of nitrogens with one attached hydrogen (secondary N) is 1. The molecule has 8 nitrogen and oxygen atoms in total. The number of nitro groups is 1. The lowest BCUT2D eigenvalue weighted by Crippen LogP contribution is -2.15. The minimum absolute atomic E-state index is 0.00795. The van der Waals surface area contributed by atoms with Crippen molar-refractivity contribution >= 4 is 45.0 Å². The number of furan rings is 1. The van der Waals surface area contributed by atoms with Crippen LogP contribution in [0.1, 0.15) is 32.7 Å². The van der Waals surface area contributed by atoms with Gasteiger partial charge in [-0.1, -0.05) is 24.3 Å². The molecule has 0 spiro atoms. The minimum Gasteiger partial charge on any atom is -0.455 e. The van der Waals surface area contributed by atoms with Crippen LogP contribution in [0.25, 0.3) is 21.4 Å². The van der Waals surface area contributed by atoms with Gasteiger partial charge < -0.3 is 4.42 Å². The van der Waals surface area contributed by atoms with E-state index in [1.54, 1.807) is 48.5 Å². The van der Waals surface area contributed by atoms with Crippen LogP contribution in [0.15, 0.2) is 70.2 Å². The van der Waals surface area contributed by atoms with Crippen molar-refractivity contribution < 1.29 is 18.9 Å². The van der Waals surface area contributed by atoms with Crippen molar-refractivity contribution in [2.45, 2.75) is 6.92 Å². The highest BCUT2D eigenvalue weighted by Gasteiger charge is 2.13. The lowest BCUT2D eigenvalue weighted by atomic mass is 10.1. The Morgan fingerprint density at radius 1 is 1.10 bits per heavy atom. The molecule has 1 N–H and O–H groups in total. The van der Waals surface area contributed by atoms with Gasteiger partial charge in [-0.2, -0.15) is 5.10 Å². The van der Waals surface area contributed by atoms with Gasteiger partial charge in [-0.3, -0.25) is 19.7 Å². The number of Topliss-reactive ketones (excluding diaryl/α,β-unsaturated/α-hetero) is 1. The molecule has 0 radical (unpaired) electrons. The van der Waals surface area contributed by atoms with Crippen LogP contribution >= 0.6 is 11.3 Å². The van der Waals surface area contributed by atoms with Gasteiger partial charge in [0.1, 0.15) is 11.5 Å². The number of rotatable bonds is 6. The fourth-order valence-corrected chi connectivity index (χ4v) is 3.85. The van der Waals surface area contributed by atoms with E-state index >= 15 is 0 Å². The number of amides is 1. The predicted octanol–water partition coefficient (Wildman–Crippen LogP) is 5.04. The minimum atomic E-state index is -0.476. The molecule has 0 saturated carbocycles. The molecule has 0 aliphatic rings. The van der Waals surface area contributed by atoms with Crippen LogP contribution in [-0.2, 0) is 0 Å².